The van der Waals surface area contributed by atoms with Gasteiger partial charge in [0.1, 0.15) is 0 Å². The molecule has 0 aliphatic rings. The van der Waals surface area contributed by atoms with Gasteiger partial charge in [-0.05, 0) is 25.5 Å². The molecular formula is C17H33NO. The third-order valence-electron chi connectivity index (χ3n) is 1.73. The van der Waals surface area contributed by atoms with Crippen LogP contribution in [0.3, 0.4) is 0 Å². The number of nitrogens with one attached hydrogen (secondary N) is 1. The van der Waals surface area contributed by atoms with E-state index in [9.17, 15) is 4.79 Å². The quantitative estimate of drug-likeness (QED) is 0.782. The average molecular weight is 267 g/mol. The van der Waals surface area contributed by atoms with Crippen LogP contribution < -0.4 is 5.32 Å². The van der Waals surface area contributed by atoms with E-state index in [-0.39, 0.29) is 5.91 Å². The Morgan fingerprint density at radius 3 is 1.79 bits per heavy atom. The van der Waals surface area contributed by atoms with Gasteiger partial charge in [-0.2, -0.15) is 0 Å². The van der Waals surface area contributed by atoms with Crippen LogP contribution in [0.1, 0.15) is 70.8 Å². The van der Waals surface area contributed by atoms with Gasteiger partial charge in [0.15, 0.2) is 0 Å². The second-order valence-electron chi connectivity index (χ2n) is 3.38. The Balaban J connectivity index is -0.000000313. The zero-order valence-electron chi connectivity index (χ0n) is 14.1. The van der Waals surface area contributed by atoms with Gasteiger partial charge in [-0.3, -0.25) is 4.79 Å². The first kappa shape index (κ1) is 22.8. The van der Waals surface area contributed by atoms with Gasteiger partial charge in [-0.15, -0.1) is 0 Å². The number of benzene rings is 1. The average Bonchev–Trinajstić information content (AvgIpc) is 2.45. The van der Waals surface area contributed by atoms with Gasteiger partial charge in [-0.1, -0.05) is 66.2 Å². The van der Waals surface area contributed by atoms with Crippen molar-refractivity contribution in [1.29, 1.82) is 0 Å². The van der Waals surface area contributed by atoms with Gasteiger partial charge in [0.25, 0.3) is 5.91 Å². The molecule has 0 unspecified atom stereocenters. The number of hydrogen-bond acceptors (Lipinski definition) is 1. The third-order valence-corrected chi connectivity index (χ3v) is 1.73. The molecule has 1 aromatic carbocycles. The van der Waals surface area contributed by atoms with Crippen LogP contribution in [-0.2, 0) is 0 Å². The predicted molar refractivity (Wildman–Crippen MR) is 87.8 cm³/mol. The van der Waals surface area contributed by atoms with Gasteiger partial charge in [0.2, 0.25) is 0 Å². The van der Waals surface area contributed by atoms with Crippen LogP contribution in [0.15, 0.2) is 24.3 Å². The molecule has 0 aliphatic carbocycles. The first-order valence-corrected chi connectivity index (χ1v) is 7.51. The highest BCUT2D eigenvalue weighted by Crippen LogP contribution is 2.05. The van der Waals surface area contributed by atoms with E-state index in [2.05, 4.69) is 19.2 Å². The van der Waals surface area contributed by atoms with Crippen molar-refractivity contribution in [2.24, 2.45) is 0 Å². The zero-order chi connectivity index (χ0) is 15.7. The van der Waals surface area contributed by atoms with Crippen LogP contribution in [-0.4, -0.2) is 12.5 Å². The van der Waals surface area contributed by atoms with Crippen molar-refractivity contribution in [3.8, 4) is 0 Å². The van der Waals surface area contributed by atoms with Gasteiger partial charge < -0.3 is 5.32 Å². The second kappa shape index (κ2) is 19.0. The van der Waals surface area contributed by atoms with Crippen molar-refractivity contribution in [1.82, 2.24) is 5.32 Å². The molecule has 0 atom stereocenters. The molecule has 0 aromatic heterocycles. The Bertz CT molecular complexity index is 295. The van der Waals surface area contributed by atoms with Crippen LogP contribution in [0, 0.1) is 6.92 Å². The van der Waals surface area contributed by atoms with Gasteiger partial charge >= 0.3 is 0 Å². The van der Waals surface area contributed by atoms with Gasteiger partial charge in [0.05, 0.1) is 0 Å². The number of rotatable bonds is 2. The lowest BCUT2D eigenvalue weighted by atomic mass is 10.1. The molecular weight excluding hydrogens is 234 g/mol. The summed E-state index contributed by atoms with van der Waals surface area (Å²) in [5, 5.41) is 2.76. The number of aryl methyl sites for hydroxylation is 1. The predicted octanol–water partition coefficient (Wildman–Crippen LogP) is 5.21. The summed E-state index contributed by atoms with van der Waals surface area (Å²) in [6, 6.07) is 7.57. The van der Waals surface area contributed by atoms with Crippen molar-refractivity contribution < 1.29 is 4.79 Å². The fourth-order valence-electron chi connectivity index (χ4n) is 1.08. The second-order valence-corrected chi connectivity index (χ2v) is 3.38. The Kier molecular flexibility index (Phi) is 22.9. The highest BCUT2D eigenvalue weighted by atomic mass is 16.1. The summed E-state index contributed by atoms with van der Waals surface area (Å²) in [6.07, 6.45) is 1.25. The molecule has 19 heavy (non-hydrogen) atoms. The summed E-state index contributed by atoms with van der Waals surface area (Å²) in [7, 11) is 0. The molecule has 1 N–H and O–H groups in total. The fraction of sp³-hybridized carbons (Fsp3) is 0.588. The maximum atomic E-state index is 11.4. The number of amides is 1. The number of hydrogen-bond donors (Lipinski definition) is 1. The molecule has 0 bridgehead atoms. The zero-order valence-corrected chi connectivity index (χ0v) is 14.1. The van der Waals surface area contributed by atoms with Crippen LogP contribution in [0.5, 0.6) is 0 Å². The summed E-state index contributed by atoms with van der Waals surface area (Å²) >= 11 is 0. The minimum atomic E-state index is 0.00981. The van der Waals surface area contributed by atoms with Crippen molar-refractivity contribution in [3.05, 3.63) is 35.4 Å². The Morgan fingerprint density at radius 2 is 1.42 bits per heavy atom. The van der Waals surface area contributed by atoms with Crippen LogP contribution in [0.4, 0.5) is 0 Å². The van der Waals surface area contributed by atoms with E-state index in [1.54, 1.807) is 0 Å². The van der Waals surface area contributed by atoms with E-state index in [0.29, 0.717) is 6.54 Å². The molecule has 0 saturated heterocycles. The van der Waals surface area contributed by atoms with E-state index in [0.717, 1.165) is 11.1 Å². The lowest BCUT2D eigenvalue weighted by Gasteiger charge is -2.04. The lowest BCUT2D eigenvalue weighted by molar-refractivity contribution is 0.0955. The molecule has 2 nitrogen and oxygen atoms in total. The molecule has 1 amide bonds. The van der Waals surface area contributed by atoms with Crippen molar-refractivity contribution in [2.75, 3.05) is 6.54 Å². The van der Waals surface area contributed by atoms with E-state index in [1.165, 1.54) is 6.42 Å². The van der Waals surface area contributed by atoms with Gasteiger partial charge in [-0.25, -0.2) is 0 Å². The minimum Gasteiger partial charge on any atom is -0.352 e. The van der Waals surface area contributed by atoms with Gasteiger partial charge in [0, 0.05) is 12.1 Å². The first-order chi connectivity index (χ1) is 9.17. The van der Waals surface area contributed by atoms with Crippen molar-refractivity contribution in [2.45, 2.75) is 61.8 Å². The standard InChI is InChI=1S/C10H13NO.C3H8.2C2H6/c1-3-11-10(12)9-7-5-4-6-8(9)2;1-3-2;2*1-2/h4-7H,3H2,1-2H3,(H,11,12);3H2,1-2H3;2*1-2H3. The first-order valence-electron chi connectivity index (χ1n) is 7.51. The maximum absolute atomic E-state index is 11.4. The molecule has 0 fully saturated rings. The molecule has 1 aromatic rings. The van der Waals surface area contributed by atoms with Crippen LogP contribution >= 0.6 is 0 Å². The Hall–Kier alpha value is -1.31. The molecule has 0 radical (unpaired) electrons. The van der Waals surface area contributed by atoms with Crippen LogP contribution in [0.25, 0.3) is 0 Å². The highest BCUT2D eigenvalue weighted by Gasteiger charge is 2.04. The summed E-state index contributed by atoms with van der Waals surface area (Å²) in [5.41, 5.74) is 1.78. The molecule has 0 aliphatic heterocycles. The van der Waals surface area contributed by atoms with E-state index >= 15 is 0 Å². The van der Waals surface area contributed by atoms with E-state index < -0.39 is 0 Å². The topological polar surface area (TPSA) is 29.1 Å². The third kappa shape index (κ3) is 12.9. The number of carbonyl (C=O) groups is 1. The molecule has 2 heteroatoms. The Morgan fingerprint density at radius 1 is 1.00 bits per heavy atom. The molecule has 0 saturated carbocycles. The maximum Gasteiger partial charge on any atom is 0.251 e. The fourth-order valence-corrected chi connectivity index (χ4v) is 1.08. The van der Waals surface area contributed by atoms with Crippen molar-refractivity contribution in [3.63, 3.8) is 0 Å². The van der Waals surface area contributed by atoms with Crippen LogP contribution in [0.2, 0.25) is 0 Å². The summed E-state index contributed by atoms with van der Waals surface area (Å²) in [6.45, 7) is 16.8. The van der Waals surface area contributed by atoms with E-state index in [4.69, 9.17) is 0 Å². The summed E-state index contributed by atoms with van der Waals surface area (Å²) in [5.74, 6) is 0.00981. The highest BCUT2D eigenvalue weighted by molar-refractivity contribution is 5.95. The van der Waals surface area contributed by atoms with Crippen molar-refractivity contribution >= 4 is 5.91 Å². The molecule has 0 heterocycles. The smallest absolute Gasteiger partial charge is 0.251 e. The van der Waals surface area contributed by atoms with E-state index in [1.807, 2.05) is 65.8 Å². The minimum absolute atomic E-state index is 0.00981. The molecule has 112 valence electrons. The summed E-state index contributed by atoms with van der Waals surface area (Å²) in [4.78, 5) is 11.4. The summed E-state index contributed by atoms with van der Waals surface area (Å²) < 4.78 is 0. The Labute approximate surface area is 120 Å². The molecule has 1 rings (SSSR count). The monoisotopic (exact) mass is 267 g/mol. The normalized spacial score (nSPS) is 7.58. The largest absolute Gasteiger partial charge is 0.352 e. The lowest BCUT2D eigenvalue weighted by Crippen LogP contribution is -2.23. The number of carbonyl (C=O) groups excluding carboxylic acids is 1. The SMILES string of the molecule is CC.CC.CCC.CCNC(=O)c1ccccc1C. The molecule has 0 spiro atoms.